The minimum absolute atomic E-state index is 0.498. The summed E-state index contributed by atoms with van der Waals surface area (Å²) in [7, 11) is 1.59. The first kappa shape index (κ1) is 13.8. The zero-order valence-corrected chi connectivity index (χ0v) is 12.2. The van der Waals surface area contributed by atoms with Crippen LogP contribution in [0.1, 0.15) is 30.8 Å². The SMILES string of the molecule is CCC(O)c1cc2n(n1)CCN(c1nccnc1OC)C2. The molecule has 7 heteroatoms. The van der Waals surface area contributed by atoms with Crippen LogP contribution in [0.3, 0.4) is 0 Å². The number of nitrogens with zero attached hydrogens (tertiary/aromatic N) is 5. The molecule has 7 nitrogen and oxygen atoms in total. The summed E-state index contributed by atoms with van der Waals surface area (Å²) >= 11 is 0. The van der Waals surface area contributed by atoms with Gasteiger partial charge in [-0.1, -0.05) is 6.92 Å². The molecule has 1 aliphatic rings. The fourth-order valence-corrected chi connectivity index (χ4v) is 2.52. The van der Waals surface area contributed by atoms with Crippen molar-refractivity contribution in [3.63, 3.8) is 0 Å². The van der Waals surface area contributed by atoms with Gasteiger partial charge >= 0.3 is 0 Å². The lowest BCUT2D eigenvalue weighted by atomic mass is 10.2. The van der Waals surface area contributed by atoms with Crippen molar-refractivity contribution >= 4 is 5.82 Å². The minimum Gasteiger partial charge on any atom is -0.478 e. The highest BCUT2D eigenvalue weighted by Gasteiger charge is 2.23. The molecule has 21 heavy (non-hydrogen) atoms. The molecule has 0 radical (unpaired) electrons. The molecule has 1 atom stereocenters. The smallest absolute Gasteiger partial charge is 0.257 e. The van der Waals surface area contributed by atoms with Gasteiger partial charge in [0.15, 0.2) is 5.82 Å². The molecule has 0 saturated carbocycles. The van der Waals surface area contributed by atoms with Gasteiger partial charge in [-0.05, 0) is 12.5 Å². The lowest BCUT2D eigenvalue weighted by molar-refractivity contribution is 0.168. The van der Waals surface area contributed by atoms with Crippen molar-refractivity contribution in [3.8, 4) is 5.88 Å². The van der Waals surface area contributed by atoms with Crippen molar-refractivity contribution in [2.24, 2.45) is 0 Å². The number of aliphatic hydroxyl groups excluding tert-OH is 1. The maximum atomic E-state index is 9.91. The largest absolute Gasteiger partial charge is 0.478 e. The predicted molar refractivity (Wildman–Crippen MR) is 77.1 cm³/mol. The highest BCUT2D eigenvalue weighted by Crippen LogP contribution is 2.27. The van der Waals surface area contributed by atoms with Gasteiger partial charge in [-0.3, -0.25) is 4.68 Å². The van der Waals surface area contributed by atoms with Gasteiger partial charge in [-0.25, -0.2) is 9.97 Å². The van der Waals surface area contributed by atoms with Gasteiger partial charge < -0.3 is 14.7 Å². The molecular weight excluding hydrogens is 270 g/mol. The molecule has 3 rings (SSSR count). The maximum absolute atomic E-state index is 9.91. The van der Waals surface area contributed by atoms with E-state index in [0.29, 0.717) is 18.8 Å². The third-order valence-electron chi connectivity index (χ3n) is 3.68. The van der Waals surface area contributed by atoms with Gasteiger partial charge in [-0.2, -0.15) is 5.10 Å². The average Bonchev–Trinajstić information content (AvgIpc) is 2.97. The van der Waals surface area contributed by atoms with Crippen LogP contribution in [0.2, 0.25) is 0 Å². The highest BCUT2D eigenvalue weighted by atomic mass is 16.5. The van der Waals surface area contributed by atoms with E-state index in [-0.39, 0.29) is 0 Å². The average molecular weight is 289 g/mol. The number of aromatic nitrogens is 4. The Hall–Kier alpha value is -2.15. The molecule has 1 aliphatic heterocycles. The van der Waals surface area contributed by atoms with Crippen molar-refractivity contribution in [2.45, 2.75) is 32.5 Å². The fourth-order valence-electron chi connectivity index (χ4n) is 2.52. The van der Waals surface area contributed by atoms with Crippen molar-refractivity contribution in [3.05, 3.63) is 29.8 Å². The van der Waals surface area contributed by atoms with Crippen LogP contribution in [-0.2, 0) is 13.1 Å². The summed E-state index contributed by atoms with van der Waals surface area (Å²) in [5, 5.41) is 14.4. The Morgan fingerprint density at radius 2 is 2.14 bits per heavy atom. The van der Waals surface area contributed by atoms with E-state index in [4.69, 9.17) is 4.74 Å². The molecular formula is C14H19N5O2. The van der Waals surface area contributed by atoms with Crippen molar-refractivity contribution in [2.75, 3.05) is 18.6 Å². The molecule has 2 aromatic rings. The molecule has 1 N–H and O–H groups in total. The molecule has 0 aromatic carbocycles. The molecule has 0 spiro atoms. The van der Waals surface area contributed by atoms with E-state index in [9.17, 15) is 5.11 Å². The zero-order valence-electron chi connectivity index (χ0n) is 12.2. The summed E-state index contributed by atoms with van der Waals surface area (Å²) < 4.78 is 7.22. The van der Waals surface area contributed by atoms with E-state index in [1.165, 1.54) is 0 Å². The van der Waals surface area contributed by atoms with Crippen molar-refractivity contribution in [1.82, 2.24) is 19.7 Å². The summed E-state index contributed by atoms with van der Waals surface area (Å²) in [5.41, 5.74) is 1.80. The van der Waals surface area contributed by atoms with Gasteiger partial charge in [0, 0.05) is 18.9 Å². The number of aliphatic hydroxyl groups is 1. The number of methoxy groups -OCH3 is 1. The number of anilines is 1. The summed E-state index contributed by atoms with van der Waals surface area (Å²) in [6.07, 6.45) is 3.45. The summed E-state index contributed by atoms with van der Waals surface area (Å²) in [6.45, 7) is 4.16. The monoisotopic (exact) mass is 289 g/mol. The number of rotatable bonds is 4. The third-order valence-corrected chi connectivity index (χ3v) is 3.68. The number of ether oxygens (including phenoxy) is 1. The highest BCUT2D eigenvalue weighted by molar-refractivity contribution is 5.48. The van der Waals surface area contributed by atoms with Crippen LogP contribution >= 0.6 is 0 Å². The van der Waals surface area contributed by atoms with E-state index in [0.717, 1.165) is 30.3 Å². The van der Waals surface area contributed by atoms with Crippen molar-refractivity contribution in [1.29, 1.82) is 0 Å². The Bertz CT molecular complexity index is 628. The minimum atomic E-state index is -0.498. The maximum Gasteiger partial charge on any atom is 0.257 e. The summed E-state index contributed by atoms with van der Waals surface area (Å²) in [6, 6.07) is 1.96. The quantitative estimate of drug-likeness (QED) is 0.909. The lowest BCUT2D eigenvalue weighted by Gasteiger charge is -2.28. The van der Waals surface area contributed by atoms with Gasteiger partial charge in [0.1, 0.15) is 0 Å². The normalized spacial score (nSPS) is 15.7. The Morgan fingerprint density at radius 3 is 2.90 bits per heavy atom. The summed E-state index contributed by atoms with van der Waals surface area (Å²) in [5.74, 6) is 1.27. The van der Waals surface area contributed by atoms with E-state index >= 15 is 0 Å². The second kappa shape index (κ2) is 5.69. The third kappa shape index (κ3) is 2.56. The van der Waals surface area contributed by atoms with Crippen LogP contribution in [0.4, 0.5) is 5.82 Å². The molecule has 0 aliphatic carbocycles. The Labute approximate surface area is 123 Å². The van der Waals surface area contributed by atoms with Gasteiger partial charge in [0.2, 0.25) is 0 Å². The van der Waals surface area contributed by atoms with Crippen LogP contribution in [-0.4, -0.2) is 38.5 Å². The molecule has 0 fully saturated rings. The predicted octanol–water partition coefficient (Wildman–Crippen LogP) is 1.15. The van der Waals surface area contributed by atoms with Crippen LogP contribution in [0.15, 0.2) is 18.5 Å². The van der Waals surface area contributed by atoms with E-state index in [1.807, 2.05) is 17.7 Å². The first-order chi connectivity index (χ1) is 10.2. The van der Waals surface area contributed by atoms with E-state index in [1.54, 1.807) is 19.5 Å². The van der Waals surface area contributed by atoms with E-state index in [2.05, 4.69) is 20.0 Å². The molecule has 3 heterocycles. The Morgan fingerprint density at radius 1 is 1.33 bits per heavy atom. The zero-order chi connectivity index (χ0) is 14.8. The van der Waals surface area contributed by atoms with Gasteiger partial charge in [-0.15, -0.1) is 0 Å². The number of fused-ring (bicyclic) bond motifs is 1. The molecule has 0 amide bonds. The molecule has 0 saturated heterocycles. The standard InChI is InChI=1S/C14H19N5O2/c1-3-12(20)11-8-10-9-18(6-7-19(10)17-11)13-14(21-2)16-5-4-15-13/h4-5,8,12,20H,3,6-7,9H2,1-2H3. The van der Waals surface area contributed by atoms with Gasteiger partial charge in [0.05, 0.1) is 37.7 Å². The Balaban J connectivity index is 1.85. The first-order valence-corrected chi connectivity index (χ1v) is 7.07. The number of hydrogen-bond acceptors (Lipinski definition) is 6. The van der Waals surface area contributed by atoms with E-state index < -0.39 is 6.10 Å². The molecule has 2 aromatic heterocycles. The van der Waals surface area contributed by atoms with Crippen LogP contribution in [0.25, 0.3) is 0 Å². The topological polar surface area (TPSA) is 76.3 Å². The Kier molecular flexibility index (Phi) is 3.74. The van der Waals surface area contributed by atoms with Crippen molar-refractivity contribution < 1.29 is 9.84 Å². The van der Waals surface area contributed by atoms with Crippen LogP contribution < -0.4 is 9.64 Å². The number of hydrogen-bond donors (Lipinski definition) is 1. The van der Waals surface area contributed by atoms with Crippen LogP contribution in [0, 0.1) is 0 Å². The second-order valence-electron chi connectivity index (χ2n) is 5.02. The fraction of sp³-hybridized carbons (Fsp3) is 0.500. The summed E-state index contributed by atoms with van der Waals surface area (Å²) in [4.78, 5) is 10.7. The lowest BCUT2D eigenvalue weighted by Crippen LogP contribution is -2.34. The molecule has 0 bridgehead atoms. The second-order valence-corrected chi connectivity index (χ2v) is 5.02. The molecule has 112 valence electrons. The molecule has 1 unspecified atom stereocenters. The first-order valence-electron chi connectivity index (χ1n) is 7.07. The van der Waals surface area contributed by atoms with Gasteiger partial charge in [0.25, 0.3) is 5.88 Å². The van der Waals surface area contributed by atoms with Crippen LogP contribution in [0.5, 0.6) is 5.88 Å².